The Labute approximate surface area is 187 Å². The predicted molar refractivity (Wildman–Crippen MR) is 125 cm³/mol. The summed E-state index contributed by atoms with van der Waals surface area (Å²) in [5, 5.41) is 12.4. The summed E-state index contributed by atoms with van der Waals surface area (Å²) in [5.74, 6) is -0.106. The molecule has 164 valence electrons. The number of carboxylic acids is 1. The second-order valence-corrected chi connectivity index (χ2v) is 7.73. The molecule has 1 aliphatic carbocycles. The summed E-state index contributed by atoms with van der Waals surface area (Å²) < 4.78 is 5.15. The summed E-state index contributed by atoms with van der Waals surface area (Å²) in [6.07, 6.45) is 11.9. The van der Waals surface area contributed by atoms with E-state index in [1.54, 1.807) is 13.3 Å². The number of benzene rings is 1. The lowest BCUT2D eigenvalue weighted by Gasteiger charge is -2.26. The number of aromatic carboxylic acids is 1. The fraction of sp³-hybridized carbons (Fsp3) is 0.240. The number of anilines is 3. The van der Waals surface area contributed by atoms with Crippen LogP contribution >= 0.6 is 0 Å². The van der Waals surface area contributed by atoms with Crippen LogP contribution in [0.5, 0.6) is 5.88 Å². The number of hydrogen-bond acceptors (Lipinski definition) is 6. The van der Waals surface area contributed by atoms with Gasteiger partial charge in [0, 0.05) is 30.9 Å². The van der Waals surface area contributed by atoms with Crippen LogP contribution in [-0.2, 0) is 6.42 Å². The Kier molecular flexibility index (Phi) is 6.35. The number of fused-ring (bicyclic) bond motifs is 1. The van der Waals surface area contributed by atoms with E-state index in [0.717, 1.165) is 30.6 Å². The fourth-order valence-electron chi connectivity index (χ4n) is 4.04. The van der Waals surface area contributed by atoms with Crippen molar-refractivity contribution in [2.75, 3.05) is 24.4 Å². The number of aryl methyl sites for hydroxylation is 1. The van der Waals surface area contributed by atoms with E-state index in [1.165, 1.54) is 29.6 Å². The monoisotopic (exact) mass is 430 g/mol. The maximum atomic E-state index is 11.4. The number of rotatable bonds is 7. The first-order valence-electron chi connectivity index (χ1n) is 10.5. The molecule has 0 amide bonds. The van der Waals surface area contributed by atoms with Crippen LogP contribution in [0.3, 0.4) is 0 Å². The minimum absolute atomic E-state index is 0.203. The molecule has 1 atom stereocenters. The number of ether oxygens (including phenoxy) is 1. The van der Waals surface area contributed by atoms with E-state index >= 15 is 0 Å². The van der Waals surface area contributed by atoms with Crippen LogP contribution in [0.4, 0.5) is 17.1 Å². The second-order valence-electron chi connectivity index (χ2n) is 7.73. The number of aromatic nitrogens is 2. The number of hydrogen-bond donors (Lipinski definition) is 2. The summed E-state index contributed by atoms with van der Waals surface area (Å²) in [4.78, 5) is 21.8. The first-order valence-corrected chi connectivity index (χ1v) is 10.5. The second kappa shape index (κ2) is 9.51. The van der Waals surface area contributed by atoms with E-state index in [-0.39, 0.29) is 11.5 Å². The molecule has 0 bridgehead atoms. The maximum Gasteiger partial charge on any atom is 0.337 e. The normalized spacial score (nSPS) is 15.2. The lowest BCUT2D eigenvalue weighted by Crippen LogP contribution is -2.13. The molecule has 0 saturated carbocycles. The molecule has 2 N–H and O–H groups in total. The first kappa shape index (κ1) is 21.4. The van der Waals surface area contributed by atoms with Crippen molar-refractivity contribution in [3.63, 3.8) is 0 Å². The van der Waals surface area contributed by atoms with Gasteiger partial charge in [0.15, 0.2) is 0 Å². The van der Waals surface area contributed by atoms with Gasteiger partial charge in [-0.3, -0.25) is 4.98 Å². The van der Waals surface area contributed by atoms with Crippen molar-refractivity contribution in [3.05, 3.63) is 84.0 Å². The van der Waals surface area contributed by atoms with E-state index in [0.29, 0.717) is 11.6 Å². The zero-order chi connectivity index (χ0) is 22.5. The van der Waals surface area contributed by atoms with Gasteiger partial charge in [-0.15, -0.1) is 0 Å². The molecule has 0 saturated heterocycles. The summed E-state index contributed by atoms with van der Waals surface area (Å²) >= 11 is 0. The van der Waals surface area contributed by atoms with Crippen LogP contribution in [0.15, 0.2) is 67.3 Å². The van der Waals surface area contributed by atoms with Crippen LogP contribution < -0.4 is 15.0 Å². The molecule has 32 heavy (non-hydrogen) atoms. The summed E-state index contributed by atoms with van der Waals surface area (Å²) in [5.41, 5.74) is 5.44. The quantitative estimate of drug-likeness (QED) is 0.545. The Balaban J connectivity index is 1.50. The van der Waals surface area contributed by atoms with Crippen molar-refractivity contribution in [1.82, 2.24) is 9.97 Å². The lowest BCUT2D eigenvalue weighted by molar-refractivity contribution is 0.0698. The van der Waals surface area contributed by atoms with Gasteiger partial charge >= 0.3 is 5.97 Å². The van der Waals surface area contributed by atoms with Crippen LogP contribution in [0.25, 0.3) is 0 Å². The Bertz CT molecular complexity index is 1130. The van der Waals surface area contributed by atoms with Crippen molar-refractivity contribution >= 4 is 23.0 Å². The summed E-state index contributed by atoms with van der Waals surface area (Å²) in [6.45, 7) is 0. The zero-order valence-electron chi connectivity index (χ0n) is 18.2. The number of carboxylic acid groups (broad SMARTS) is 1. The molecule has 7 heteroatoms. The van der Waals surface area contributed by atoms with Gasteiger partial charge in [-0.1, -0.05) is 12.1 Å². The van der Waals surface area contributed by atoms with Crippen LogP contribution in [-0.4, -0.2) is 35.2 Å². The highest BCUT2D eigenvalue weighted by atomic mass is 16.5. The minimum Gasteiger partial charge on any atom is -0.481 e. The fourth-order valence-corrected chi connectivity index (χ4v) is 4.04. The molecule has 2 heterocycles. The average molecular weight is 431 g/mol. The van der Waals surface area contributed by atoms with Crippen molar-refractivity contribution in [1.29, 1.82) is 0 Å². The van der Waals surface area contributed by atoms with Gasteiger partial charge in [0.2, 0.25) is 5.88 Å². The van der Waals surface area contributed by atoms with Crippen LogP contribution in [0.1, 0.15) is 40.2 Å². The molecule has 0 spiro atoms. The highest BCUT2D eigenvalue weighted by molar-refractivity contribution is 5.94. The number of nitrogens with one attached hydrogen (secondary N) is 1. The van der Waals surface area contributed by atoms with E-state index in [4.69, 9.17) is 4.74 Å². The van der Waals surface area contributed by atoms with Crippen molar-refractivity contribution in [2.24, 2.45) is 0 Å². The zero-order valence-corrected chi connectivity index (χ0v) is 18.2. The Morgan fingerprint density at radius 2 is 2.06 bits per heavy atom. The molecule has 0 fully saturated rings. The molecule has 4 rings (SSSR count). The number of methoxy groups -OCH3 is 1. The van der Waals surface area contributed by atoms with Crippen molar-refractivity contribution in [3.8, 4) is 5.88 Å². The highest BCUT2D eigenvalue weighted by Gasteiger charge is 2.19. The third-order valence-electron chi connectivity index (χ3n) is 5.81. The van der Waals surface area contributed by atoms with E-state index in [2.05, 4.69) is 44.5 Å². The topological polar surface area (TPSA) is 87.6 Å². The molecular weight excluding hydrogens is 404 g/mol. The standard InChI is InChI=1S/C25H26N4O3/c1-29(20-7-9-24(32-2)28-15-20)19-6-8-21-17(4-3-5-18(21)14-19)10-13-27-23-16-26-12-11-22(23)25(30)31/h6-17,27H,3-5H2,1-2H3,(H,30,31)/b13-10+. The molecule has 0 radical (unpaired) electrons. The van der Waals surface area contributed by atoms with Crippen molar-refractivity contribution in [2.45, 2.75) is 25.2 Å². The Hall–Kier alpha value is -3.87. The summed E-state index contributed by atoms with van der Waals surface area (Å²) in [6, 6.07) is 11.9. The molecule has 1 unspecified atom stereocenters. The minimum atomic E-state index is -0.977. The van der Waals surface area contributed by atoms with Gasteiger partial charge in [-0.25, -0.2) is 9.78 Å². The number of pyridine rings is 2. The number of carbonyl (C=O) groups is 1. The molecular formula is C25H26N4O3. The molecule has 1 aromatic carbocycles. The smallest absolute Gasteiger partial charge is 0.337 e. The number of nitrogens with zero attached hydrogens (tertiary/aromatic N) is 3. The van der Waals surface area contributed by atoms with Gasteiger partial charge in [-0.2, -0.15) is 0 Å². The predicted octanol–water partition coefficient (Wildman–Crippen LogP) is 5.00. The van der Waals surface area contributed by atoms with E-state index < -0.39 is 5.97 Å². The maximum absolute atomic E-state index is 11.4. The van der Waals surface area contributed by atoms with Crippen LogP contribution in [0, 0.1) is 0 Å². The van der Waals surface area contributed by atoms with E-state index in [9.17, 15) is 9.90 Å². The lowest BCUT2D eigenvalue weighted by atomic mass is 9.82. The van der Waals surface area contributed by atoms with Gasteiger partial charge in [-0.05, 0) is 60.9 Å². The molecule has 7 nitrogen and oxygen atoms in total. The third kappa shape index (κ3) is 4.56. The molecule has 1 aliphatic rings. The van der Waals surface area contributed by atoms with Gasteiger partial charge in [0.1, 0.15) is 0 Å². The average Bonchev–Trinajstić information content (AvgIpc) is 2.83. The largest absolute Gasteiger partial charge is 0.481 e. The van der Waals surface area contributed by atoms with Crippen LogP contribution in [0.2, 0.25) is 0 Å². The SMILES string of the molecule is COc1ccc(N(C)c2ccc3c(c2)CCCC3/C=C/Nc2cnccc2C(=O)O)cn1. The number of allylic oxidation sites excluding steroid dienone is 1. The first-order chi connectivity index (χ1) is 15.6. The Morgan fingerprint density at radius 3 is 2.81 bits per heavy atom. The molecule has 2 aromatic heterocycles. The Morgan fingerprint density at radius 1 is 1.22 bits per heavy atom. The van der Waals surface area contributed by atoms with Gasteiger partial charge in [0.05, 0.1) is 36.4 Å². The molecule has 3 aromatic rings. The molecule has 0 aliphatic heterocycles. The van der Waals surface area contributed by atoms with E-state index in [1.807, 2.05) is 25.4 Å². The van der Waals surface area contributed by atoms with Gasteiger partial charge in [0.25, 0.3) is 0 Å². The third-order valence-corrected chi connectivity index (χ3v) is 5.81. The van der Waals surface area contributed by atoms with Gasteiger partial charge < -0.3 is 20.1 Å². The highest BCUT2D eigenvalue weighted by Crippen LogP contribution is 2.36. The summed E-state index contributed by atoms with van der Waals surface area (Å²) in [7, 11) is 3.64. The van der Waals surface area contributed by atoms with Crippen molar-refractivity contribution < 1.29 is 14.6 Å².